The number of aromatic amines is 1. The Morgan fingerprint density at radius 2 is 1.50 bits per heavy atom. The van der Waals surface area contributed by atoms with Gasteiger partial charge in [-0.05, 0) is 126 Å². The monoisotopic (exact) mass is 1770 g/mol. The zero-order valence-electron chi connectivity index (χ0n) is 68.9. The van der Waals surface area contributed by atoms with E-state index in [2.05, 4.69) is 47.5 Å². The molecule has 18 N–H and O–H groups in total. The molecule has 33 nitrogen and oxygen atoms in total. The molecule has 10 rings (SSSR count). The fourth-order valence-corrected chi connectivity index (χ4v) is 19.4. The van der Waals surface area contributed by atoms with Crippen molar-refractivity contribution < 1.29 is 86.6 Å². The second-order valence-electron chi connectivity index (χ2n) is 30.9. The second-order valence-corrected chi connectivity index (χ2v) is 36.5. The van der Waals surface area contributed by atoms with Crippen LogP contribution in [0.4, 0.5) is 5.69 Å². The van der Waals surface area contributed by atoms with E-state index in [4.69, 9.17) is 57.9 Å². The highest BCUT2D eigenvalue weighted by Gasteiger charge is 2.62. The Hall–Kier alpha value is -9.57. The van der Waals surface area contributed by atoms with Crippen LogP contribution in [0, 0.1) is 5.41 Å². The molecule has 3 fully saturated rings. The highest BCUT2D eigenvalue weighted by Crippen LogP contribution is 2.50. The number of likely N-dealkylation sites (N-methyl/N-ethyl adjacent to an activating group) is 1. The van der Waals surface area contributed by atoms with Crippen LogP contribution in [0.5, 0.6) is 11.5 Å². The van der Waals surface area contributed by atoms with Crippen molar-refractivity contribution in [1.29, 1.82) is 5.41 Å². The zero-order chi connectivity index (χ0) is 88.0. The number of nitrogens with zero attached hydrogens (tertiary/aromatic N) is 2. The lowest BCUT2D eigenvalue weighted by Crippen LogP contribution is -2.70. The number of allylic oxidation sites excluding steroid dienone is 3. The maximum atomic E-state index is 15.1. The highest BCUT2D eigenvalue weighted by molar-refractivity contribution is 8.77. The molecule has 5 aliphatic rings. The number of H-pyrrole nitrogens is 1. The summed E-state index contributed by atoms with van der Waals surface area (Å²) < 4.78 is 30.7. The number of carbonyl (C=O) groups excluding carboxylic acids is 11. The fraction of sp³-hybridized carbons (Fsp3) is 0.494. The normalized spacial score (nSPS) is 26.0. The van der Waals surface area contributed by atoms with Crippen LogP contribution in [-0.2, 0) is 97.4 Å². The first-order valence-corrected chi connectivity index (χ1v) is 45.1. The van der Waals surface area contributed by atoms with E-state index in [-0.39, 0.29) is 91.3 Å². The Morgan fingerprint density at radius 3 is 2.19 bits per heavy atom. The number of para-hydroxylation sites is 1. The third-order valence-electron chi connectivity index (χ3n) is 21.6. The summed E-state index contributed by atoms with van der Waals surface area (Å²) in [5, 5.41) is 53.0. The van der Waals surface area contributed by atoms with E-state index >= 15 is 9.59 Å². The number of unbranched alkanes of at least 4 members (excludes halogenated alkanes) is 1. The Bertz CT molecular complexity index is 4580. The molecular formula is C83H110ClN15O18S4. The fourth-order valence-electron chi connectivity index (χ4n) is 14.6. The van der Waals surface area contributed by atoms with Crippen molar-refractivity contribution in [3.63, 3.8) is 0 Å². The summed E-state index contributed by atoms with van der Waals surface area (Å²) in [5.41, 5.74) is 20.5. The van der Waals surface area contributed by atoms with Gasteiger partial charge in [-0.1, -0.05) is 139 Å². The number of nitrogens with two attached hydrogens (primary N) is 3. The van der Waals surface area contributed by atoms with Crippen LogP contribution in [0.1, 0.15) is 102 Å². The molecule has 0 spiro atoms. The molecule has 0 radical (unpaired) electrons. The third kappa shape index (κ3) is 26.2. The van der Waals surface area contributed by atoms with Crippen molar-refractivity contribution in [3.8, 4) is 11.5 Å². The first-order chi connectivity index (χ1) is 57.6. The van der Waals surface area contributed by atoms with Gasteiger partial charge in [0.05, 0.1) is 43.5 Å². The van der Waals surface area contributed by atoms with Crippen LogP contribution in [0.2, 0.25) is 5.02 Å². The number of aliphatic hydroxyl groups is 1. The van der Waals surface area contributed by atoms with Gasteiger partial charge in [0.15, 0.2) is 0 Å². The highest BCUT2D eigenvalue weighted by atomic mass is 35.5. The maximum Gasteiger partial charge on any atom is 0.328 e. The molecule has 3 saturated heterocycles. The van der Waals surface area contributed by atoms with Gasteiger partial charge >= 0.3 is 5.97 Å². The zero-order valence-corrected chi connectivity index (χ0v) is 73.0. The van der Waals surface area contributed by atoms with E-state index in [9.17, 15) is 53.4 Å². The van der Waals surface area contributed by atoms with Gasteiger partial charge in [0.2, 0.25) is 59.1 Å². The average Bonchev–Trinajstić information content (AvgIpc) is 1.00. The molecule has 38 heteroatoms. The smallest absolute Gasteiger partial charge is 0.328 e. The standard InChI is InChI=1S/C83H110ClN15O18S4/c1-45-18-17-24-64(113-8)57-38-66(116-81(88)96-57)82(4)44-83(5,117-82)67(39-69(103)99(7)63-35-50(32-45)36-65(114-9)70(63)84)115-80(112)46(2)98(6)68(102)29-31-118-119-41-60(72(87)104)93-78(110)62-43-121-120-42-61(94-73(105)54(86)33-48-19-11-10-12-20-48)77(109)91-58(34-49-25-27-52(101)28-26-49)75(107)92-59(37-51-40-89-55-22-14-13-21-53(51)55)76(108)90-56(23-15-16-30-85)74(106)97-71(47(3)100)79(111)95-62/h10-14,17-22,24-28,35-36,40,46-47,54,56-62,64,66-67,71,89,100-101H,15-16,23,29-34,37-39,41-44,85-86H2,1-9H3,(H2,87,104)(H2,88,96)(H,90,108)(H,91,109)(H,92,107)(H,93,110)(H,94,105)(H,95,111)(H,97,106)/b24-17+,45-18+/t46-,47+,54+,56-,57?,58-,59+,60-,61-,62-,64+,66-,67-,71-,82?,83+/m0/s1. The summed E-state index contributed by atoms with van der Waals surface area (Å²) >= 11 is 6.91. The Kier molecular flexibility index (Phi) is 35.0. The number of hydrogen-bond acceptors (Lipinski definition) is 25. The number of fused-ring (bicyclic) bond motifs is 7. The number of aliphatic hydroxyl groups excluding tert-OH is 1. The number of primary amides is 1. The minimum absolute atomic E-state index is 0.0584. The Labute approximate surface area is 723 Å². The van der Waals surface area contributed by atoms with E-state index < -0.39 is 167 Å². The van der Waals surface area contributed by atoms with E-state index in [0.717, 1.165) is 54.3 Å². The van der Waals surface area contributed by atoms with Crippen molar-refractivity contribution >= 4 is 142 Å². The predicted molar refractivity (Wildman–Crippen MR) is 466 cm³/mol. The summed E-state index contributed by atoms with van der Waals surface area (Å²) in [6.07, 6.45) is 4.02. The first-order valence-electron chi connectivity index (χ1n) is 39.7. The molecule has 121 heavy (non-hydrogen) atoms. The van der Waals surface area contributed by atoms with Gasteiger partial charge in [-0.15, -0.1) is 0 Å². The van der Waals surface area contributed by atoms with Gasteiger partial charge in [-0.25, -0.2) is 4.79 Å². The molecule has 2 unspecified atom stereocenters. The molecule has 10 amide bonds. The van der Waals surface area contributed by atoms with Crippen molar-refractivity contribution in [3.05, 3.63) is 148 Å². The molecule has 0 aliphatic carbocycles. The van der Waals surface area contributed by atoms with Crippen molar-refractivity contribution in [2.75, 3.05) is 62.8 Å². The molecule has 0 saturated carbocycles. The largest absolute Gasteiger partial charge is 0.508 e. The number of methoxy groups -OCH3 is 2. The van der Waals surface area contributed by atoms with Gasteiger partial charge in [0, 0.05) is 93.4 Å². The van der Waals surface area contributed by atoms with Crippen molar-refractivity contribution in [2.45, 2.75) is 201 Å². The molecule has 16 atom stereocenters. The Morgan fingerprint density at radius 1 is 0.835 bits per heavy atom. The molecule has 6 bridgehead atoms. The molecule has 4 aromatic carbocycles. The third-order valence-corrected chi connectivity index (χ3v) is 26.8. The predicted octanol–water partition coefficient (Wildman–Crippen LogP) is 3.95. The van der Waals surface area contributed by atoms with E-state index in [1.54, 1.807) is 81.9 Å². The average molecular weight is 1770 g/mol. The number of rotatable bonds is 27. The van der Waals surface area contributed by atoms with Gasteiger partial charge in [0.1, 0.15) is 88.3 Å². The number of benzene rings is 4. The minimum atomic E-state index is -1.81. The summed E-state index contributed by atoms with van der Waals surface area (Å²) in [4.78, 5) is 165. The molecule has 1 aromatic heterocycles. The number of carbonyl (C=O) groups is 11. The number of aromatic nitrogens is 1. The number of ether oxygens (including phenoxy) is 5. The molecular weight excluding hydrogens is 1660 g/mol. The number of esters is 1. The van der Waals surface area contributed by atoms with Crippen LogP contribution in [0.25, 0.3) is 10.9 Å². The minimum Gasteiger partial charge on any atom is -0.508 e. The molecule has 6 heterocycles. The number of amidine groups is 1. The van der Waals surface area contributed by atoms with Crippen LogP contribution < -0.4 is 69.4 Å². The van der Waals surface area contributed by atoms with Crippen molar-refractivity contribution in [1.82, 2.24) is 52.4 Å². The number of nitrogens with one attached hydrogen (secondary N) is 10. The van der Waals surface area contributed by atoms with Gasteiger partial charge < -0.3 is 108 Å². The number of amides is 10. The van der Waals surface area contributed by atoms with Crippen LogP contribution >= 0.6 is 54.8 Å². The van der Waals surface area contributed by atoms with Crippen LogP contribution in [0.3, 0.4) is 0 Å². The number of halogens is 1. The summed E-state index contributed by atoms with van der Waals surface area (Å²) in [6, 6.07) is 11.7. The molecule has 5 aliphatic heterocycles. The molecule has 5 aromatic rings. The summed E-state index contributed by atoms with van der Waals surface area (Å²) in [6.45, 7) is 8.37. The lowest BCUT2D eigenvalue weighted by atomic mass is 9.72. The lowest BCUT2D eigenvalue weighted by molar-refractivity contribution is -0.321. The number of phenols is 1. The quantitative estimate of drug-likeness (QED) is 0.0201. The number of hydrogen-bond donors (Lipinski definition) is 15. The summed E-state index contributed by atoms with van der Waals surface area (Å²) in [5.74, 6) is -9.74. The van der Waals surface area contributed by atoms with E-state index in [1.165, 1.54) is 62.1 Å². The number of phenolic OH excluding ortho intramolecular Hbond substituents is 1. The van der Waals surface area contributed by atoms with E-state index in [1.807, 2.05) is 44.2 Å². The second kappa shape index (κ2) is 44.5. The van der Waals surface area contributed by atoms with Crippen molar-refractivity contribution in [2.24, 2.45) is 17.2 Å². The van der Waals surface area contributed by atoms with Crippen LogP contribution in [0.15, 0.2) is 121 Å². The number of anilines is 1. The van der Waals surface area contributed by atoms with E-state index in [0.29, 0.717) is 58.3 Å². The topological polar surface area (TPSA) is 495 Å². The number of aromatic hydroxyl groups is 1. The Balaban J connectivity index is 0.908. The first kappa shape index (κ1) is 95.3. The maximum absolute atomic E-state index is 15.1. The van der Waals surface area contributed by atoms with Gasteiger partial charge in [-0.2, -0.15) is 0 Å². The van der Waals surface area contributed by atoms with Crippen LogP contribution in [-0.4, -0.2) is 245 Å². The lowest BCUT2D eigenvalue weighted by Gasteiger charge is -2.59. The summed E-state index contributed by atoms with van der Waals surface area (Å²) in [7, 11) is 10.1. The molecule has 656 valence electrons. The van der Waals surface area contributed by atoms with Gasteiger partial charge in [-0.3, -0.25) is 53.4 Å². The SMILES string of the molecule is COc1cc2cc(c1Cl)N(C)C(=O)C[C@H](OC(=O)[C@H](C)N(C)C(=O)CCSSC[C@H](NC(=O)[C@@H]1CSSC[C@H](NC(=O)[C@H](N)Cc3ccccc3)C(=O)N[C@@H](Cc3ccc(O)cc3)C(=O)N[C@H](Cc3c[nH]c4ccccc34)C(=O)N[C@@H](CCCCN)C(=O)N[C@@H]([C@@H](C)O)C(=O)N1)C(N)=O)[C@@]1(C)CC(C)(O1)[C@@H]1CC(NC(=N)O1)[C@H](OC)/C=C/C=C(\C)C2. The van der Waals surface area contributed by atoms with Gasteiger partial charge in [0.25, 0.3) is 6.02 Å².